The Morgan fingerprint density at radius 1 is 1.43 bits per heavy atom. The highest BCUT2D eigenvalue weighted by atomic mass is 79.9. The maximum absolute atomic E-state index is 12.0. The van der Waals surface area contributed by atoms with Gasteiger partial charge in [-0.15, -0.1) is 0 Å². The molecule has 0 aliphatic carbocycles. The van der Waals surface area contributed by atoms with Crippen LogP contribution in [0.1, 0.15) is 18.0 Å². The van der Waals surface area contributed by atoms with Gasteiger partial charge in [0, 0.05) is 12.5 Å². The molecule has 0 aliphatic heterocycles. The molecule has 1 atom stereocenters. The number of halogens is 3. The number of hydrogen-bond acceptors (Lipinski definition) is 2. The number of aromatic hydroxyl groups is 1. The maximum Gasteiger partial charge on any atom is 0.240 e. The fraction of sp³-hybridized carbons (Fsp3) is 0.333. The summed E-state index contributed by atoms with van der Waals surface area (Å²) in [6, 6.07) is 3.80. The molecular weight excluding hydrogens is 256 g/mol. The molecule has 0 amide bonds. The zero-order valence-electron chi connectivity index (χ0n) is 7.25. The first kappa shape index (κ1) is 11.4. The van der Waals surface area contributed by atoms with Crippen LogP contribution in [0.2, 0.25) is 0 Å². The highest BCUT2D eigenvalue weighted by molar-refractivity contribution is 9.10. The molecule has 0 spiro atoms. The van der Waals surface area contributed by atoms with E-state index in [2.05, 4.69) is 15.9 Å². The van der Waals surface area contributed by atoms with Crippen molar-refractivity contribution in [1.82, 2.24) is 0 Å². The fourth-order valence-electron chi connectivity index (χ4n) is 1.08. The van der Waals surface area contributed by atoms with E-state index in [1.807, 2.05) is 0 Å². The van der Waals surface area contributed by atoms with Crippen LogP contribution in [0, 0.1) is 0 Å². The molecule has 0 aromatic heterocycles. The van der Waals surface area contributed by atoms with E-state index in [0.717, 1.165) is 0 Å². The van der Waals surface area contributed by atoms with Crippen molar-refractivity contribution in [3.8, 4) is 5.75 Å². The minimum absolute atomic E-state index is 0.0676. The van der Waals surface area contributed by atoms with E-state index < -0.39 is 12.5 Å². The Labute approximate surface area is 88.9 Å². The molecule has 14 heavy (non-hydrogen) atoms. The lowest BCUT2D eigenvalue weighted by molar-refractivity contribution is 0.128. The summed E-state index contributed by atoms with van der Waals surface area (Å²) in [7, 11) is 0. The summed E-state index contributed by atoms with van der Waals surface area (Å²) in [5.74, 6) is 0.0676. The standard InChI is InChI=1S/C9H10BrF2NO/c10-6-3-5(1-2-8(6)14)7(13)4-9(11)12/h1-3,7,9,14H,4,13H2/t7-/m0/s1. The van der Waals surface area contributed by atoms with Crippen molar-refractivity contribution in [2.24, 2.45) is 5.73 Å². The van der Waals surface area contributed by atoms with Crippen molar-refractivity contribution in [2.45, 2.75) is 18.9 Å². The van der Waals surface area contributed by atoms with E-state index >= 15 is 0 Å². The largest absolute Gasteiger partial charge is 0.507 e. The third-order valence-corrected chi connectivity index (χ3v) is 2.47. The van der Waals surface area contributed by atoms with Gasteiger partial charge in [-0.25, -0.2) is 8.78 Å². The van der Waals surface area contributed by atoms with Crippen LogP contribution >= 0.6 is 15.9 Å². The fourth-order valence-corrected chi connectivity index (χ4v) is 1.48. The topological polar surface area (TPSA) is 46.2 Å². The molecule has 0 bridgehead atoms. The minimum atomic E-state index is -2.42. The predicted molar refractivity (Wildman–Crippen MR) is 53.4 cm³/mol. The van der Waals surface area contributed by atoms with Gasteiger partial charge in [0.1, 0.15) is 5.75 Å². The van der Waals surface area contributed by atoms with Crippen molar-refractivity contribution in [1.29, 1.82) is 0 Å². The molecule has 78 valence electrons. The summed E-state index contributed by atoms with van der Waals surface area (Å²) >= 11 is 3.09. The second-order valence-corrected chi connectivity index (χ2v) is 3.80. The summed E-state index contributed by atoms with van der Waals surface area (Å²) in [5, 5.41) is 9.17. The Kier molecular flexibility index (Phi) is 3.83. The first-order valence-corrected chi connectivity index (χ1v) is 4.82. The Bertz CT molecular complexity index is 320. The van der Waals surface area contributed by atoms with Crippen LogP contribution in [-0.4, -0.2) is 11.5 Å². The molecule has 0 saturated carbocycles. The number of benzene rings is 1. The second-order valence-electron chi connectivity index (χ2n) is 2.94. The molecule has 1 aromatic rings. The Balaban J connectivity index is 2.80. The quantitative estimate of drug-likeness (QED) is 0.883. The van der Waals surface area contributed by atoms with Crippen LogP contribution in [0.3, 0.4) is 0 Å². The predicted octanol–water partition coefficient (Wildman–Crippen LogP) is 2.81. The lowest BCUT2D eigenvalue weighted by Gasteiger charge is -2.11. The Hall–Kier alpha value is -0.680. The van der Waals surface area contributed by atoms with Gasteiger partial charge in [0.05, 0.1) is 4.47 Å². The van der Waals surface area contributed by atoms with E-state index in [-0.39, 0.29) is 12.2 Å². The van der Waals surface area contributed by atoms with Crippen LogP contribution in [0.5, 0.6) is 5.75 Å². The molecule has 0 fully saturated rings. The van der Waals surface area contributed by atoms with Crippen LogP contribution in [-0.2, 0) is 0 Å². The smallest absolute Gasteiger partial charge is 0.240 e. The van der Waals surface area contributed by atoms with Gasteiger partial charge in [-0.2, -0.15) is 0 Å². The monoisotopic (exact) mass is 265 g/mol. The first-order chi connectivity index (χ1) is 6.50. The summed E-state index contributed by atoms with van der Waals surface area (Å²) < 4.78 is 24.5. The lowest BCUT2D eigenvalue weighted by Crippen LogP contribution is -2.13. The van der Waals surface area contributed by atoms with E-state index in [9.17, 15) is 13.9 Å². The van der Waals surface area contributed by atoms with Crippen molar-refractivity contribution >= 4 is 15.9 Å². The first-order valence-electron chi connectivity index (χ1n) is 4.03. The average molecular weight is 266 g/mol. The molecule has 3 N–H and O–H groups in total. The van der Waals surface area contributed by atoms with Crippen molar-refractivity contribution in [3.05, 3.63) is 28.2 Å². The van der Waals surface area contributed by atoms with E-state index in [1.165, 1.54) is 12.1 Å². The van der Waals surface area contributed by atoms with E-state index in [0.29, 0.717) is 10.0 Å². The molecule has 0 saturated heterocycles. The summed E-state index contributed by atoms with van der Waals surface area (Å²) in [6.07, 6.45) is -2.80. The minimum Gasteiger partial charge on any atom is -0.507 e. The summed E-state index contributed by atoms with van der Waals surface area (Å²) in [5.41, 5.74) is 6.11. The summed E-state index contributed by atoms with van der Waals surface area (Å²) in [4.78, 5) is 0. The highest BCUT2D eigenvalue weighted by Crippen LogP contribution is 2.28. The van der Waals surface area contributed by atoms with Crippen LogP contribution in [0.25, 0.3) is 0 Å². The highest BCUT2D eigenvalue weighted by Gasteiger charge is 2.13. The van der Waals surface area contributed by atoms with Crippen LogP contribution in [0.15, 0.2) is 22.7 Å². The summed E-state index contributed by atoms with van der Waals surface area (Å²) in [6.45, 7) is 0. The molecular formula is C9H10BrF2NO. The van der Waals surface area contributed by atoms with E-state index in [4.69, 9.17) is 5.73 Å². The van der Waals surface area contributed by atoms with Gasteiger partial charge >= 0.3 is 0 Å². The molecule has 0 aliphatic rings. The lowest BCUT2D eigenvalue weighted by atomic mass is 10.1. The third-order valence-electron chi connectivity index (χ3n) is 1.83. The van der Waals surface area contributed by atoms with Crippen molar-refractivity contribution < 1.29 is 13.9 Å². The van der Waals surface area contributed by atoms with Crippen LogP contribution < -0.4 is 5.73 Å². The van der Waals surface area contributed by atoms with Crippen LogP contribution in [0.4, 0.5) is 8.78 Å². The number of phenolic OH excluding ortho intramolecular Hbond substituents is 1. The van der Waals surface area contributed by atoms with Gasteiger partial charge in [0.25, 0.3) is 0 Å². The van der Waals surface area contributed by atoms with Gasteiger partial charge in [-0.1, -0.05) is 6.07 Å². The molecule has 5 heteroatoms. The van der Waals surface area contributed by atoms with Gasteiger partial charge in [-0.05, 0) is 33.6 Å². The zero-order chi connectivity index (χ0) is 10.7. The van der Waals surface area contributed by atoms with E-state index in [1.54, 1.807) is 6.07 Å². The number of alkyl halides is 2. The van der Waals surface area contributed by atoms with Crippen molar-refractivity contribution in [3.63, 3.8) is 0 Å². The van der Waals surface area contributed by atoms with Gasteiger partial charge in [0.2, 0.25) is 6.43 Å². The third kappa shape index (κ3) is 2.92. The number of phenols is 1. The number of rotatable bonds is 3. The second kappa shape index (κ2) is 4.70. The molecule has 0 radical (unpaired) electrons. The maximum atomic E-state index is 12.0. The van der Waals surface area contributed by atoms with Gasteiger partial charge < -0.3 is 10.8 Å². The zero-order valence-corrected chi connectivity index (χ0v) is 8.84. The Morgan fingerprint density at radius 3 is 2.57 bits per heavy atom. The van der Waals surface area contributed by atoms with Gasteiger partial charge in [0.15, 0.2) is 0 Å². The SMILES string of the molecule is N[C@@H](CC(F)F)c1ccc(O)c(Br)c1. The van der Waals surface area contributed by atoms with Crippen molar-refractivity contribution in [2.75, 3.05) is 0 Å². The number of hydrogen-bond donors (Lipinski definition) is 2. The molecule has 1 aromatic carbocycles. The normalized spacial score (nSPS) is 13.2. The van der Waals surface area contributed by atoms with Gasteiger partial charge in [-0.3, -0.25) is 0 Å². The Morgan fingerprint density at radius 2 is 2.07 bits per heavy atom. The molecule has 1 rings (SSSR count). The molecule has 2 nitrogen and oxygen atoms in total. The molecule has 0 unspecified atom stereocenters. The molecule has 0 heterocycles. The number of nitrogens with two attached hydrogens (primary N) is 1. The average Bonchev–Trinajstić information content (AvgIpc) is 2.08.